The fraction of sp³-hybridized carbons (Fsp3) is 0.923. The maximum atomic E-state index is 11.2. The van der Waals surface area contributed by atoms with E-state index in [1.54, 1.807) is 0 Å². The lowest BCUT2D eigenvalue weighted by Gasteiger charge is -2.42. The Balaban J connectivity index is 1.98. The van der Waals surface area contributed by atoms with Crippen LogP contribution in [0.1, 0.15) is 58.3 Å². The van der Waals surface area contributed by atoms with Crippen LogP contribution in [0.15, 0.2) is 0 Å². The van der Waals surface area contributed by atoms with E-state index in [2.05, 4.69) is 6.92 Å². The molecule has 0 saturated heterocycles. The second-order valence-corrected chi connectivity index (χ2v) is 5.61. The lowest BCUT2D eigenvalue weighted by atomic mass is 9.67. The van der Waals surface area contributed by atoms with Crippen LogP contribution in [-0.4, -0.2) is 16.5 Å². The molecule has 0 radical (unpaired) electrons. The Bertz CT molecular complexity index is 237. The van der Waals surface area contributed by atoms with Crippen LogP contribution in [0.5, 0.6) is 0 Å². The first-order valence-corrected chi connectivity index (χ1v) is 6.34. The molecule has 15 heavy (non-hydrogen) atoms. The Morgan fingerprint density at radius 1 is 1.27 bits per heavy atom. The van der Waals surface area contributed by atoms with Crippen LogP contribution in [0.2, 0.25) is 0 Å². The molecule has 86 valence electrons. The van der Waals surface area contributed by atoms with Gasteiger partial charge in [-0.3, -0.25) is 4.79 Å². The van der Waals surface area contributed by atoms with Crippen molar-refractivity contribution in [3.8, 4) is 0 Å². The Kier molecular flexibility index (Phi) is 3.15. The van der Waals surface area contributed by atoms with Crippen LogP contribution in [0.4, 0.5) is 0 Å². The minimum absolute atomic E-state index is 0.337. The number of rotatable bonds is 1. The van der Waals surface area contributed by atoms with E-state index in [0.29, 0.717) is 37.4 Å². The Labute approximate surface area is 92.1 Å². The topological polar surface area (TPSA) is 37.3 Å². The van der Waals surface area contributed by atoms with Gasteiger partial charge in [-0.1, -0.05) is 19.8 Å². The van der Waals surface area contributed by atoms with E-state index in [9.17, 15) is 9.90 Å². The molecule has 2 unspecified atom stereocenters. The van der Waals surface area contributed by atoms with Gasteiger partial charge < -0.3 is 5.11 Å². The zero-order valence-corrected chi connectivity index (χ0v) is 9.67. The Hall–Kier alpha value is -0.370. The molecule has 2 aliphatic rings. The summed E-state index contributed by atoms with van der Waals surface area (Å²) in [6.45, 7) is 2.28. The first kappa shape index (κ1) is 11.1. The van der Waals surface area contributed by atoms with Gasteiger partial charge in [0.05, 0.1) is 5.60 Å². The summed E-state index contributed by atoms with van der Waals surface area (Å²) >= 11 is 0. The number of aliphatic hydroxyl groups is 1. The van der Waals surface area contributed by atoms with Gasteiger partial charge in [-0.25, -0.2) is 0 Å². The van der Waals surface area contributed by atoms with Crippen molar-refractivity contribution < 1.29 is 9.90 Å². The third kappa shape index (κ3) is 2.41. The molecular formula is C13H22O2. The highest BCUT2D eigenvalue weighted by Gasteiger charge is 2.40. The van der Waals surface area contributed by atoms with Crippen LogP contribution >= 0.6 is 0 Å². The molecule has 2 fully saturated rings. The van der Waals surface area contributed by atoms with Gasteiger partial charge in [-0.2, -0.15) is 0 Å². The maximum absolute atomic E-state index is 11.2. The molecule has 0 aromatic rings. The molecule has 2 atom stereocenters. The van der Waals surface area contributed by atoms with Gasteiger partial charge in [0.25, 0.3) is 0 Å². The molecule has 0 aromatic heterocycles. The minimum atomic E-state index is -0.511. The van der Waals surface area contributed by atoms with Gasteiger partial charge in [0.1, 0.15) is 5.78 Å². The second-order valence-electron chi connectivity index (χ2n) is 5.61. The largest absolute Gasteiger partial charge is 0.390 e. The third-order valence-corrected chi connectivity index (χ3v) is 4.37. The molecule has 2 rings (SSSR count). The summed E-state index contributed by atoms with van der Waals surface area (Å²) in [4.78, 5) is 11.2. The van der Waals surface area contributed by atoms with Crippen LogP contribution in [0, 0.1) is 11.8 Å². The normalized spacial score (nSPS) is 36.5. The lowest BCUT2D eigenvalue weighted by Crippen LogP contribution is -2.43. The zero-order chi connectivity index (χ0) is 10.9. The Morgan fingerprint density at radius 2 is 1.93 bits per heavy atom. The Morgan fingerprint density at radius 3 is 2.53 bits per heavy atom. The highest BCUT2D eigenvalue weighted by molar-refractivity contribution is 5.79. The smallest absolute Gasteiger partial charge is 0.133 e. The molecule has 2 heteroatoms. The molecule has 2 aliphatic carbocycles. The van der Waals surface area contributed by atoms with Crippen molar-refractivity contribution in [3.63, 3.8) is 0 Å². The van der Waals surface area contributed by atoms with Crippen molar-refractivity contribution in [3.05, 3.63) is 0 Å². The minimum Gasteiger partial charge on any atom is -0.390 e. The van der Waals surface area contributed by atoms with E-state index in [1.165, 1.54) is 12.8 Å². The molecule has 2 saturated carbocycles. The molecule has 1 N–H and O–H groups in total. The zero-order valence-electron chi connectivity index (χ0n) is 9.67. The van der Waals surface area contributed by atoms with Gasteiger partial charge in [-0.05, 0) is 37.5 Å². The van der Waals surface area contributed by atoms with Gasteiger partial charge in [0.2, 0.25) is 0 Å². The van der Waals surface area contributed by atoms with E-state index >= 15 is 0 Å². The van der Waals surface area contributed by atoms with Gasteiger partial charge in [0.15, 0.2) is 0 Å². The van der Waals surface area contributed by atoms with E-state index in [4.69, 9.17) is 0 Å². The van der Waals surface area contributed by atoms with Gasteiger partial charge in [-0.15, -0.1) is 0 Å². The predicted molar refractivity (Wildman–Crippen MR) is 59.5 cm³/mol. The summed E-state index contributed by atoms with van der Waals surface area (Å²) in [6, 6.07) is 0. The molecule has 0 amide bonds. The van der Waals surface area contributed by atoms with Crippen molar-refractivity contribution in [1.82, 2.24) is 0 Å². The van der Waals surface area contributed by atoms with Crippen molar-refractivity contribution in [2.45, 2.75) is 63.9 Å². The molecule has 0 aromatic carbocycles. The highest BCUT2D eigenvalue weighted by atomic mass is 16.3. The van der Waals surface area contributed by atoms with Gasteiger partial charge >= 0.3 is 0 Å². The first-order valence-electron chi connectivity index (χ1n) is 6.34. The first-order chi connectivity index (χ1) is 7.10. The molecule has 0 aliphatic heterocycles. The molecule has 2 nitrogen and oxygen atoms in total. The maximum Gasteiger partial charge on any atom is 0.133 e. The summed E-state index contributed by atoms with van der Waals surface area (Å²) in [6.07, 6.45) is 7.50. The SMILES string of the molecule is CC1CCCC(C2(O)CCC(=O)CC2)C1. The van der Waals surface area contributed by atoms with Crippen molar-refractivity contribution >= 4 is 5.78 Å². The highest BCUT2D eigenvalue weighted by Crippen LogP contribution is 2.42. The average Bonchev–Trinajstić information content (AvgIpc) is 2.23. The summed E-state index contributed by atoms with van der Waals surface area (Å²) < 4.78 is 0. The third-order valence-electron chi connectivity index (χ3n) is 4.37. The van der Waals surface area contributed by atoms with Crippen molar-refractivity contribution in [2.75, 3.05) is 0 Å². The standard InChI is InChI=1S/C13H22O2/c1-10-3-2-4-11(9-10)13(15)7-5-12(14)6-8-13/h10-11,15H,2-9H2,1H3. The predicted octanol–water partition coefficient (Wildman–Crippen LogP) is 2.69. The number of carbonyl (C=O) groups excluding carboxylic acids is 1. The summed E-state index contributed by atoms with van der Waals surface area (Å²) in [5.74, 6) is 1.54. The summed E-state index contributed by atoms with van der Waals surface area (Å²) in [7, 11) is 0. The monoisotopic (exact) mass is 210 g/mol. The summed E-state index contributed by atoms with van der Waals surface area (Å²) in [5, 5.41) is 10.6. The number of carbonyl (C=O) groups is 1. The van der Waals surface area contributed by atoms with E-state index in [-0.39, 0.29) is 0 Å². The molecule has 0 bridgehead atoms. The number of hydrogen-bond acceptors (Lipinski definition) is 2. The molecule has 0 heterocycles. The van der Waals surface area contributed by atoms with Crippen molar-refractivity contribution in [1.29, 1.82) is 0 Å². The lowest BCUT2D eigenvalue weighted by molar-refractivity contribution is -0.130. The summed E-state index contributed by atoms with van der Waals surface area (Å²) in [5.41, 5.74) is -0.511. The van der Waals surface area contributed by atoms with Crippen LogP contribution < -0.4 is 0 Å². The molecular weight excluding hydrogens is 188 g/mol. The number of ketones is 1. The van der Waals surface area contributed by atoms with Crippen LogP contribution in [0.25, 0.3) is 0 Å². The van der Waals surface area contributed by atoms with Crippen LogP contribution in [0.3, 0.4) is 0 Å². The average molecular weight is 210 g/mol. The van der Waals surface area contributed by atoms with Crippen LogP contribution in [-0.2, 0) is 4.79 Å². The quantitative estimate of drug-likeness (QED) is 0.722. The second kappa shape index (κ2) is 4.25. The number of hydrogen-bond donors (Lipinski definition) is 1. The fourth-order valence-electron chi connectivity index (χ4n) is 3.29. The number of Topliss-reactive ketones (excluding diaryl/α,β-unsaturated/α-hetero) is 1. The van der Waals surface area contributed by atoms with E-state index in [0.717, 1.165) is 18.8 Å². The van der Waals surface area contributed by atoms with Gasteiger partial charge in [0, 0.05) is 12.8 Å². The molecule has 0 spiro atoms. The fourth-order valence-corrected chi connectivity index (χ4v) is 3.29. The van der Waals surface area contributed by atoms with E-state index < -0.39 is 5.60 Å². The van der Waals surface area contributed by atoms with Crippen molar-refractivity contribution in [2.24, 2.45) is 11.8 Å². The van der Waals surface area contributed by atoms with E-state index in [1.807, 2.05) is 0 Å².